The van der Waals surface area contributed by atoms with Crippen LogP contribution in [0.3, 0.4) is 0 Å². The van der Waals surface area contributed by atoms with Gasteiger partial charge >= 0.3 is 5.97 Å². The molecule has 4 nitrogen and oxygen atoms in total. The third-order valence-electron chi connectivity index (χ3n) is 2.60. The summed E-state index contributed by atoms with van der Waals surface area (Å²) in [4.78, 5) is 11.5. The monoisotopic (exact) mass is 273 g/mol. The van der Waals surface area contributed by atoms with Crippen LogP contribution in [0.4, 0.5) is 0 Å². The normalized spacial score (nSPS) is 10.8. The SMILES string of the molecule is COC(=O)c1cc2c(Cl)c(Cl)c(O)cc2n1C. The second-order valence-corrected chi connectivity index (χ2v) is 4.29. The lowest BCUT2D eigenvalue weighted by Gasteiger charge is -2.04. The molecule has 0 saturated heterocycles. The van der Waals surface area contributed by atoms with E-state index in [4.69, 9.17) is 23.2 Å². The molecule has 0 radical (unpaired) electrons. The second kappa shape index (κ2) is 4.13. The average molecular weight is 274 g/mol. The number of carbonyl (C=O) groups is 1. The zero-order valence-corrected chi connectivity index (χ0v) is 10.6. The number of fused-ring (bicyclic) bond motifs is 1. The Morgan fingerprint density at radius 3 is 2.59 bits per heavy atom. The number of aromatic hydroxyl groups is 1. The molecule has 17 heavy (non-hydrogen) atoms. The number of aromatic nitrogens is 1. The van der Waals surface area contributed by atoms with Crippen molar-refractivity contribution in [1.29, 1.82) is 0 Å². The van der Waals surface area contributed by atoms with Crippen LogP contribution in [0.25, 0.3) is 10.9 Å². The van der Waals surface area contributed by atoms with Gasteiger partial charge in [0.15, 0.2) is 0 Å². The number of benzene rings is 1. The molecule has 0 atom stereocenters. The summed E-state index contributed by atoms with van der Waals surface area (Å²) in [5.74, 6) is -0.600. The molecular weight excluding hydrogens is 265 g/mol. The first kappa shape index (κ1) is 12.1. The van der Waals surface area contributed by atoms with Crippen molar-refractivity contribution >= 4 is 40.1 Å². The zero-order valence-electron chi connectivity index (χ0n) is 9.12. The Morgan fingerprint density at radius 1 is 1.35 bits per heavy atom. The molecule has 2 aromatic rings. The molecule has 0 bridgehead atoms. The number of phenols is 1. The van der Waals surface area contributed by atoms with E-state index in [9.17, 15) is 9.90 Å². The van der Waals surface area contributed by atoms with E-state index in [2.05, 4.69) is 4.74 Å². The highest BCUT2D eigenvalue weighted by Crippen LogP contribution is 2.38. The van der Waals surface area contributed by atoms with Crippen LogP contribution in [-0.2, 0) is 11.8 Å². The number of hydrogen-bond donors (Lipinski definition) is 1. The number of rotatable bonds is 1. The van der Waals surface area contributed by atoms with Crippen molar-refractivity contribution in [2.75, 3.05) is 7.11 Å². The van der Waals surface area contributed by atoms with Crippen molar-refractivity contribution in [3.8, 4) is 5.75 Å². The molecular formula is C11H9Cl2NO3. The van der Waals surface area contributed by atoms with Crippen LogP contribution in [0.1, 0.15) is 10.5 Å². The van der Waals surface area contributed by atoms with E-state index in [0.29, 0.717) is 16.6 Å². The van der Waals surface area contributed by atoms with E-state index < -0.39 is 5.97 Å². The number of aryl methyl sites for hydroxylation is 1. The first-order chi connectivity index (χ1) is 7.97. The predicted octanol–water partition coefficient (Wildman–Crippen LogP) is 2.98. The van der Waals surface area contributed by atoms with Gasteiger partial charge in [0, 0.05) is 18.5 Å². The lowest BCUT2D eigenvalue weighted by atomic mass is 10.2. The lowest BCUT2D eigenvalue weighted by molar-refractivity contribution is 0.0590. The highest BCUT2D eigenvalue weighted by atomic mass is 35.5. The predicted molar refractivity (Wildman–Crippen MR) is 65.9 cm³/mol. The van der Waals surface area contributed by atoms with Gasteiger partial charge in [0.1, 0.15) is 16.5 Å². The summed E-state index contributed by atoms with van der Waals surface area (Å²) < 4.78 is 6.24. The van der Waals surface area contributed by atoms with Gasteiger partial charge in [0.05, 0.1) is 17.6 Å². The molecule has 0 aliphatic rings. The van der Waals surface area contributed by atoms with Crippen LogP contribution < -0.4 is 0 Å². The van der Waals surface area contributed by atoms with Crippen molar-refractivity contribution in [1.82, 2.24) is 4.57 Å². The number of nitrogens with zero attached hydrogens (tertiary/aromatic N) is 1. The van der Waals surface area contributed by atoms with E-state index in [-0.39, 0.29) is 15.8 Å². The van der Waals surface area contributed by atoms with Crippen molar-refractivity contribution < 1.29 is 14.6 Å². The quantitative estimate of drug-likeness (QED) is 0.813. The molecule has 0 spiro atoms. The lowest BCUT2D eigenvalue weighted by Crippen LogP contribution is -2.06. The number of carbonyl (C=O) groups excluding carboxylic acids is 1. The van der Waals surface area contributed by atoms with Gasteiger partial charge in [-0.2, -0.15) is 0 Å². The topological polar surface area (TPSA) is 51.5 Å². The minimum absolute atomic E-state index is 0.0705. The maximum atomic E-state index is 11.5. The summed E-state index contributed by atoms with van der Waals surface area (Å²) in [7, 11) is 2.98. The average Bonchev–Trinajstić information content (AvgIpc) is 2.64. The highest BCUT2D eigenvalue weighted by Gasteiger charge is 2.18. The first-order valence-electron chi connectivity index (χ1n) is 4.72. The standard InChI is InChI=1S/C11H9Cl2NO3/c1-14-6-4-8(15)10(13)9(12)5(6)3-7(14)11(16)17-2/h3-4,15H,1-2H3. The summed E-state index contributed by atoms with van der Waals surface area (Å²) in [6.45, 7) is 0. The Hall–Kier alpha value is -1.39. The number of halogens is 2. The molecule has 0 fully saturated rings. The Labute approximate surface area is 107 Å². The number of esters is 1. The van der Waals surface area contributed by atoms with Crippen LogP contribution in [0.15, 0.2) is 12.1 Å². The van der Waals surface area contributed by atoms with E-state index >= 15 is 0 Å². The van der Waals surface area contributed by atoms with Gasteiger partial charge in [0.2, 0.25) is 0 Å². The summed E-state index contributed by atoms with van der Waals surface area (Å²) in [6.07, 6.45) is 0. The van der Waals surface area contributed by atoms with Crippen LogP contribution in [0.5, 0.6) is 5.75 Å². The van der Waals surface area contributed by atoms with E-state index in [1.165, 1.54) is 13.2 Å². The molecule has 6 heteroatoms. The summed E-state index contributed by atoms with van der Waals surface area (Å²) in [5.41, 5.74) is 0.948. The molecule has 0 aliphatic carbocycles. The Bertz CT molecular complexity index is 619. The Morgan fingerprint density at radius 2 is 2.00 bits per heavy atom. The Kier molecular flexibility index (Phi) is 2.93. The van der Waals surface area contributed by atoms with Crippen LogP contribution >= 0.6 is 23.2 Å². The van der Waals surface area contributed by atoms with Crippen molar-refractivity contribution in [2.45, 2.75) is 0 Å². The van der Waals surface area contributed by atoms with Gasteiger partial charge in [-0.3, -0.25) is 0 Å². The van der Waals surface area contributed by atoms with Crippen molar-refractivity contribution in [3.63, 3.8) is 0 Å². The van der Waals surface area contributed by atoms with Crippen molar-refractivity contribution in [2.24, 2.45) is 7.05 Å². The third-order valence-corrected chi connectivity index (χ3v) is 3.47. The molecule has 1 N–H and O–H groups in total. The number of phenolic OH excluding ortho intramolecular Hbond substituents is 1. The van der Waals surface area contributed by atoms with Gasteiger partial charge in [-0.15, -0.1) is 0 Å². The van der Waals surface area contributed by atoms with Gasteiger partial charge in [-0.1, -0.05) is 23.2 Å². The second-order valence-electron chi connectivity index (χ2n) is 3.54. The largest absolute Gasteiger partial charge is 0.506 e. The highest BCUT2D eigenvalue weighted by molar-refractivity contribution is 6.46. The Balaban J connectivity index is 2.83. The maximum absolute atomic E-state index is 11.5. The number of hydrogen-bond acceptors (Lipinski definition) is 3. The van der Waals surface area contributed by atoms with Crippen LogP contribution in [0, 0.1) is 0 Å². The molecule has 90 valence electrons. The van der Waals surface area contributed by atoms with Crippen molar-refractivity contribution in [3.05, 3.63) is 27.9 Å². The number of ether oxygens (including phenoxy) is 1. The molecule has 0 aliphatic heterocycles. The maximum Gasteiger partial charge on any atom is 0.354 e. The van der Waals surface area contributed by atoms with Gasteiger partial charge < -0.3 is 14.4 Å². The molecule has 1 aromatic heterocycles. The molecule has 0 saturated carbocycles. The molecule has 0 unspecified atom stereocenters. The van der Waals surface area contributed by atoms with Gasteiger partial charge in [0.25, 0.3) is 0 Å². The summed E-state index contributed by atoms with van der Waals surface area (Å²) in [6, 6.07) is 3.03. The fourth-order valence-corrected chi connectivity index (χ4v) is 2.10. The van der Waals surface area contributed by atoms with E-state index in [1.54, 1.807) is 17.7 Å². The van der Waals surface area contributed by atoms with E-state index in [0.717, 1.165) is 0 Å². The number of methoxy groups -OCH3 is 1. The summed E-state index contributed by atoms with van der Waals surface area (Å²) >= 11 is 11.8. The van der Waals surface area contributed by atoms with Crippen LogP contribution in [-0.4, -0.2) is 22.8 Å². The third kappa shape index (κ3) is 1.73. The molecule has 1 aromatic carbocycles. The molecule has 1 heterocycles. The fraction of sp³-hybridized carbons (Fsp3) is 0.182. The van der Waals surface area contributed by atoms with E-state index in [1.807, 2.05) is 0 Å². The van der Waals surface area contributed by atoms with Crippen LogP contribution in [0.2, 0.25) is 10.0 Å². The zero-order chi connectivity index (χ0) is 12.7. The minimum atomic E-state index is -0.477. The minimum Gasteiger partial charge on any atom is -0.506 e. The first-order valence-corrected chi connectivity index (χ1v) is 5.47. The smallest absolute Gasteiger partial charge is 0.354 e. The fourth-order valence-electron chi connectivity index (χ4n) is 1.69. The van der Waals surface area contributed by atoms with Gasteiger partial charge in [-0.05, 0) is 6.07 Å². The molecule has 2 rings (SSSR count). The molecule has 0 amide bonds. The van der Waals surface area contributed by atoms with Gasteiger partial charge in [-0.25, -0.2) is 4.79 Å². The summed E-state index contributed by atoms with van der Waals surface area (Å²) in [5, 5.41) is 10.5.